The first kappa shape index (κ1) is 12.0. The third-order valence-electron chi connectivity index (χ3n) is 2.90. The molecule has 3 rings (SSSR count). The molecule has 1 aliphatic rings. The van der Waals surface area contributed by atoms with Gasteiger partial charge in [0.1, 0.15) is 11.5 Å². The zero-order valence-corrected chi connectivity index (χ0v) is 11.3. The van der Waals surface area contributed by atoms with Crippen molar-refractivity contribution in [3.8, 4) is 11.5 Å². The molecule has 1 N–H and O–H groups in total. The van der Waals surface area contributed by atoms with E-state index in [1.807, 2.05) is 24.3 Å². The molecule has 1 heterocycles. The molecule has 0 atom stereocenters. The van der Waals surface area contributed by atoms with Gasteiger partial charge in [0.15, 0.2) is 0 Å². The average Bonchev–Trinajstić information content (AvgIpc) is 2.54. The highest BCUT2D eigenvalue weighted by atomic mass is 79.9. The number of benzene rings is 2. The summed E-state index contributed by atoms with van der Waals surface area (Å²) in [4.78, 5) is 11.4. The molecule has 0 bridgehead atoms. The van der Waals surface area contributed by atoms with Gasteiger partial charge >= 0.3 is 5.97 Å². The summed E-state index contributed by atoms with van der Waals surface area (Å²) in [5.74, 6) is 0.218. The standard InChI is InChI=1S/C15H9BrO3/c16-10-5-6-11-12(15(17)18)7-9-3-1-2-4-13(9)19-14(11)8-10/h1-8H,(H,17,18). The van der Waals surface area contributed by atoms with Crippen LogP contribution in [0.5, 0.6) is 11.5 Å². The average molecular weight is 317 g/mol. The van der Waals surface area contributed by atoms with Crippen molar-refractivity contribution in [3.63, 3.8) is 0 Å². The lowest BCUT2D eigenvalue weighted by Gasteiger charge is -2.09. The number of ether oxygens (including phenoxy) is 1. The number of halogens is 1. The number of fused-ring (bicyclic) bond motifs is 2. The van der Waals surface area contributed by atoms with Gasteiger partial charge in [-0.1, -0.05) is 34.1 Å². The predicted molar refractivity (Wildman–Crippen MR) is 76.2 cm³/mol. The van der Waals surface area contributed by atoms with Crippen molar-refractivity contribution < 1.29 is 14.6 Å². The van der Waals surface area contributed by atoms with Crippen LogP contribution in [0.3, 0.4) is 0 Å². The van der Waals surface area contributed by atoms with Crippen molar-refractivity contribution >= 4 is 33.5 Å². The molecule has 0 saturated heterocycles. The van der Waals surface area contributed by atoms with Gasteiger partial charge in [0.05, 0.1) is 5.57 Å². The van der Waals surface area contributed by atoms with Crippen LogP contribution >= 0.6 is 15.9 Å². The first-order valence-corrected chi connectivity index (χ1v) is 6.46. The minimum atomic E-state index is -0.969. The minimum Gasteiger partial charge on any atom is -0.478 e. The molecule has 94 valence electrons. The summed E-state index contributed by atoms with van der Waals surface area (Å²) in [5, 5.41) is 9.37. The van der Waals surface area contributed by atoms with Crippen LogP contribution in [0.4, 0.5) is 0 Å². The van der Waals surface area contributed by atoms with E-state index >= 15 is 0 Å². The largest absolute Gasteiger partial charge is 0.478 e. The summed E-state index contributed by atoms with van der Waals surface area (Å²) in [7, 11) is 0. The van der Waals surface area contributed by atoms with Crippen LogP contribution in [0.1, 0.15) is 11.1 Å². The van der Waals surface area contributed by atoms with Crippen molar-refractivity contribution in [3.05, 3.63) is 58.1 Å². The van der Waals surface area contributed by atoms with Crippen molar-refractivity contribution in [2.45, 2.75) is 0 Å². The molecule has 0 saturated carbocycles. The molecule has 2 aromatic carbocycles. The number of carbonyl (C=O) groups is 1. The Morgan fingerprint density at radius 3 is 2.68 bits per heavy atom. The number of para-hydroxylation sites is 1. The molecule has 0 unspecified atom stereocenters. The Kier molecular flexibility index (Phi) is 2.87. The fourth-order valence-electron chi connectivity index (χ4n) is 2.02. The Labute approximate surface area is 118 Å². The van der Waals surface area contributed by atoms with Crippen LogP contribution in [0.25, 0.3) is 11.6 Å². The number of rotatable bonds is 1. The summed E-state index contributed by atoms with van der Waals surface area (Å²) in [6.45, 7) is 0. The van der Waals surface area contributed by atoms with E-state index in [9.17, 15) is 9.90 Å². The molecule has 0 fully saturated rings. The molecule has 0 amide bonds. The zero-order chi connectivity index (χ0) is 13.4. The first-order valence-electron chi connectivity index (χ1n) is 5.67. The Balaban J connectivity index is 2.29. The molecule has 4 heteroatoms. The number of hydrogen-bond acceptors (Lipinski definition) is 2. The first-order chi connectivity index (χ1) is 9.15. The maximum Gasteiger partial charge on any atom is 0.336 e. The highest BCUT2D eigenvalue weighted by Crippen LogP contribution is 2.39. The molecule has 1 aliphatic heterocycles. The number of aliphatic carboxylic acids is 1. The van der Waals surface area contributed by atoms with Gasteiger partial charge in [-0.05, 0) is 30.3 Å². The van der Waals surface area contributed by atoms with Crippen LogP contribution in [0.2, 0.25) is 0 Å². The molecule has 3 nitrogen and oxygen atoms in total. The van der Waals surface area contributed by atoms with Crippen LogP contribution in [-0.2, 0) is 4.79 Å². The predicted octanol–water partition coefficient (Wildman–Crippen LogP) is 4.18. The second-order valence-corrected chi connectivity index (χ2v) is 5.06. The van der Waals surface area contributed by atoms with E-state index in [1.165, 1.54) is 0 Å². The Hall–Kier alpha value is -2.07. The fourth-order valence-corrected chi connectivity index (χ4v) is 2.36. The molecule has 0 spiro atoms. The van der Waals surface area contributed by atoms with Crippen LogP contribution in [0, 0.1) is 0 Å². The normalized spacial score (nSPS) is 12.6. The van der Waals surface area contributed by atoms with Gasteiger partial charge in [0, 0.05) is 15.6 Å². The topological polar surface area (TPSA) is 46.5 Å². The monoisotopic (exact) mass is 316 g/mol. The number of carboxylic acids is 1. The molecule has 19 heavy (non-hydrogen) atoms. The van der Waals surface area contributed by atoms with Gasteiger partial charge in [-0.2, -0.15) is 0 Å². The molecule has 2 aromatic rings. The van der Waals surface area contributed by atoms with E-state index in [-0.39, 0.29) is 5.57 Å². The van der Waals surface area contributed by atoms with Gasteiger partial charge in [-0.25, -0.2) is 4.79 Å². The van der Waals surface area contributed by atoms with Crippen LogP contribution < -0.4 is 4.74 Å². The third-order valence-corrected chi connectivity index (χ3v) is 3.40. The van der Waals surface area contributed by atoms with Gasteiger partial charge in [-0.15, -0.1) is 0 Å². The smallest absolute Gasteiger partial charge is 0.336 e. The Morgan fingerprint density at radius 2 is 1.89 bits per heavy atom. The summed E-state index contributed by atoms with van der Waals surface area (Å²) in [6.07, 6.45) is 1.64. The van der Waals surface area contributed by atoms with Gasteiger partial charge in [-0.3, -0.25) is 0 Å². The molecule has 0 aliphatic carbocycles. The van der Waals surface area contributed by atoms with E-state index in [1.54, 1.807) is 24.3 Å². The van der Waals surface area contributed by atoms with E-state index in [0.717, 1.165) is 10.0 Å². The van der Waals surface area contributed by atoms with E-state index < -0.39 is 5.97 Å². The lowest BCUT2D eigenvalue weighted by molar-refractivity contribution is -0.130. The summed E-state index contributed by atoms with van der Waals surface area (Å²) in [5.41, 5.74) is 1.56. The van der Waals surface area contributed by atoms with Crippen molar-refractivity contribution in [2.24, 2.45) is 0 Å². The second kappa shape index (κ2) is 4.55. The highest BCUT2D eigenvalue weighted by Gasteiger charge is 2.20. The maximum atomic E-state index is 11.4. The van der Waals surface area contributed by atoms with E-state index in [0.29, 0.717) is 17.1 Å². The maximum absolute atomic E-state index is 11.4. The fraction of sp³-hybridized carbons (Fsp3) is 0. The van der Waals surface area contributed by atoms with Gasteiger partial charge in [0.25, 0.3) is 0 Å². The molecule has 0 aromatic heterocycles. The Bertz CT molecular complexity index is 704. The van der Waals surface area contributed by atoms with E-state index in [4.69, 9.17) is 4.74 Å². The van der Waals surface area contributed by atoms with Gasteiger partial charge < -0.3 is 9.84 Å². The number of hydrogen-bond donors (Lipinski definition) is 1. The molecular formula is C15H9BrO3. The van der Waals surface area contributed by atoms with Crippen LogP contribution in [-0.4, -0.2) is 11.1 Å². The molecule has 0 radical (unpaired) electrons. The quantitative estimate of drug-likeness (QED) is 0.858. The zero-order valence-electron chi connectivity index (χ0n) is 9.76. The van der Waals surface area contributed by atoms with E-state index in [2.05, 4.69) is 15.9 Å². The summed E-state index contributed by atoms with van der Waals surface area (Å²) >= 11 is 3.37. The highest BCUT2D eigenvalue weighted by molar-refractivity contribution is 9.10. The summed E-state index contributed by atoms with van der Waals surface area (Å²) < 4.78 is 6.66. The third kappa shape index (κ3) is 2.15. The molecular weight excluding hydrogens is 308 g/mol. The van der Waals surface area contributed by atoms with Gasteiger partial charge in [0.2, 0.25) is 0 Å². The van der Waals surface area contributed by atoms with Crippen LogP contribution in [0.15, 0.2) is 46.9 Å². The van der Waals surface area contributed by atoms with Crippen molar-refractivity contribution in [1.82, 2.24) is 0 Å². The van der Waals surface area contributed by atoms with Crippen molar-refractivity contribution in [2.75, 3.05) is 0 Å². The minimum absolute atomic E-state index is 0.229. The Morgan fingerprint density at radius 1 is 1.11 bits per heavy atom. The number of carboxylic acid groups (broad SMARTS) is 1. The van der Waals surface area contributed by atoms with Crippen molar-refractivity contribution in [1.29, 1.82) is 0 Å². The second-order valence-electron chi connectivity index (χ2n) is 4.14. The lowest BCUT2D eigenvalue weighted by atomic mass is 10.0. The summed E-state index contributed by atoms with van der Waals surface area (Å²) in [6, 6.07) is 12.7. The lowest BCUT2D eigenvalue weighted by Crippen LogP contribution is -1.99. The SMILES string of the molecule is O=C(O)C1=Cc2ccccc2Oc2cc(Br)ccc21.